The number of rotatable bonds is 3. The number of piperidine rings is 1. The molecule has 0 saturated carbocycles. The van der Waals surface area contributed by atoms with Gasteiger partial charge >= 0.3 is 0 Å². The van der Waals surface area contributed by atoms with Crippen molar-refractivity contribution >= 4 is 11.7 Å². The van der Waals surface area contributed by atoms with Crippen LogP contribution in [0.4, 0.5) is 0 Å². The molecule has 0 N–H and O–H groups in total. The molecule has 4 heteroatoms. The third-order valence-electron chi connectivity index (χ3n) is 1.69. The Kier molecular flexibility index (Phi) is 3.19. The van der Waals surface area contributed by atoms with Crippen molar-refractivity contribution in [1.29, 1.82) is 0 Å². The fourth-order valence-corrected chi connectivity index (χ4v) is 1.02. The molecule has 72 valence electrons. The molecule has 0 radical (unpaired) electrons. The summed E-state index contributed by atoms with van der Waals surface area (Å²) < 4.78 is 0. The Morgan fingerprint density at radius 3 is 2.85 bits per heavy atom. The summed E-state index contributed by atoms with van der Waals surface area (Å²) in [6, 6.07) is 0. The van der Waals surface area contributed by atoms with Crippen molar-refractivity contribution in [1.82, 2.24) is 5.06 Å². The molecule has 0 aromatic carbocycles. The van der Waals surface area contributed by atoms with E-state index >= 15 is 0 Å². The normalized spacial score (nSPS) is 17.8. The summed E-state index contributed by atoms with van der Waals surface area (Å²) in [5, 5.41) is 1.25. The Morgan fingerprint density at radius 1 is 1.62 bits per heavy atom. The Balaban J connectivity index is 2.38. The zero-order valence-corrected chi connectivity index (χ0v) is 7.71. The fraction of sp³-hybridized carbons (Fsp3) is 0.556. The third kappa shape index (κ3) is 2.99. The molecule has 0 aromatic heterocycles. The van der Waals surface area contributed by atoms with Crippen LogP contribution in [0.5, 0.6) is 0 Å². The maximum atomic E-state index is 11.2. The maximum Gasteiger partial charge on any atom is 0.253 e. The van der Waals surface area contributed by atoms with Crippen LogP contribution in [0, 0.1) is 0 Å². The molecular weight excluding hydrogens is 170 g/mol. The van der Waals surface area contributed by atoms with Gasteiger partial charge in [-0.25, -0.2) is 5.06 Å². The summed E-state index contributed by atoms with van der Waals surface area (Å²) in [5.74, 6) is -0.266. The first-order chi connectivity index (χ1) is 6.09. The Labute approximate surface area is 77.1 Å². The minimum Gasteiger partial charge on any atom is -0.299 e. The van der Waals surface area contributed by atoms with E-state index in [0.29, 0.717) is 19.6 Å². The van der Waals surface area contributed by atoms with Gasteiger partial charge in [0.15, 0.2) is 0 Å². The topological polar surface area (TPSA) is 46.6 Å². The van der Waals surface area contributed by atoms with Crippen molar-refractivity contribution in [2.24, 2.45) is 0 Å². The van der Waals surface area contributed by atoms with Crippen LogP contribution in [0.1, 0.15) is 19.8 Å². The first-order valence-corrected chi connectivity index (χ1v) is 4.19. The quantitative estimate of drug-likeness (QED) is 0.477. The van der Waals surface area contributed by atoms with Gasteiger partial charge in [0.25, 0.3) is 5.91 Å². The Morgan fingerprint density at radius 2 is 2.31 bits per heavy atom. The fourth-order valence-electron chi connectivity index (χ4n) is 1.02. The van der Waals surface area contributed by atoms with E-state index in [9.17, 15) is 9.59 Å². The van der Waals surface area contributed by atoms with E-state index in [4.69, 9.17) is 4.84 Å². The lowest BCUT2D eigenvalue weighted by molar-refractivity contribution is -0.188. The number of Topliss-reactive ketones (excluding diaryl/α,β-unsaturated/α-hetero) is 1. The third-order valence-corrected chi connectivity index (χ3v) is 1.69. The monoisotopic (exact) mass is 183 g/mol. The molecule has 0 aliphatic carbocycles. The van der Waals surface area contributed by atoms with Crippen LogP contribution in [0.15, 0.2) is 12.2 Å². The van der Waals surface area contributed by atoms with Gasteiger partial charge in [-0.3, -0.25) is 14.4 Å². The number of carbonyl (C=O) groups excluding carboxylic acids is 2. The van der Waals surface area contributed by atoms with Gasteiger partial charge in [0.1, 0.15) is 5.78 Å². The summed E-state index contributed by atoms with van der Waals surface area (Å²) in [7, 11) is 0. The van der Waals surface area contributed by atoms with E-state index in [1.54, 1.807) is 0 Å². The molecule has 1 heterocycles. The highest BCUT2D eigenvalue weighted by Crippen LogP contribution is 2.08. The van der Waals surface area contributed by atoms with E-state index in [1.165, 1.54) is 5.06 Å². The standard InChI is InChI=1S/C9H13NO3/c1-7(2)6-13-10-4-3-8(11)5-9(10)12/h1,3-6H2,2H3. The number of hydrogen-bond acceptors (Lipinski definition) is 3. The first kappa shape index (κ1) is 9.92. The van der Waals surface area contributed by atoms with Crippen LogP contribution < -0.4 is 0 Å². The average Bonchev–Trinajstić information content (AvgIpc) is 2.02. The Hall–Kier alpha value is -1.16. The molecule has 0 bridgehead atoms. The molecule has 4 nitrogen and oxygen atoms in total. The minimum absolute atomic E-state index is 0.0137. The number of ketones is 1. The number of carbonyl (C=O) groups is 2. The van der Waals surface area contributed by atoms with Crippen LogP contribution in [0.3, 0.4) is 0 Å². The van der Waals surface area contributed by atoms with Gasteiger partial charge in [-0.2, -0.15) is 0 Å². The van der Waals surface area contributed by atoms with Crippen molar-refractivity contribution in [3.05, 3.63) is 12.2 Å². The second-order valence-corrected chi connectivity index (χ2v) is 3.19. The van der Waals surface area contributed by atoms with Crippen LogP contribution >= 0.6 is 0 Å². The van der Waals surface area contributed by atoms with Crippen LogP contribution in [-0.4, -0.2) is 29.9 Å². The van der Waals surface area contributed by atoms with E-state index in [-0.39, 0.29) is 18.1 Å². The molecule has 13 heavy (non-hydrogen) atoms. The number of amides is 1. The van der Waals surface area contributed by atoms with Crippen molar-refractivity contribution in [2.75, 3.05) is 13.2 Å². The highest BCUT2D eigenvalue weighted by molar-refractivity contribution is 5.99. The molecule has 1 aliphatic heterocycles. The maximum absolute atomic E-state index is 11.2. The van der Waals surface area contributed by atoms with E-state index in [2.05, 4.69) is 6.58 Å². The van der Waals surface area contributed by atoms with E-state index in [1.807, 2.05) is 6.92 Å². The minimum atomic E-state index is -0.252. The summed E-state index contributed by atoms with van der Waals surface area (Å²) in [6.45, 7) is 6.17. The van der Waals surface area contributed by atoms with Crippen LogP contribution in [0.25, 0.3) is 0 Å². The summed E-state index contributed by atoms with van der Waals surface area (Å²) >= 11 is 0. The summed E-state index contributed by atoms with van der Waals surface area (Å²) in [4.78, 5) is 27.1. The van der Waals surface area contributed by atoms with Crippen molar-refractivity contribution < 1.29 is 14.4 Å². The van der Waals surface area contributed by atoms with Gasteiger partial charge in [-0.1, -0.05) is 12.2 Å². The van der Waals surface area contributed by atoms with Gasteiger partial charge in [0, 0.05) is 6.42 Å². The van der Waals surface area contributed by atoms with Gasteiger partial charge in [-0.15, -0.1) is 0 Å². The smallest absolute Gasteiger partial charge is 0.253 e. The molecule has 0 atom stereocenters. The largest absolute Gasteiger partial charge is 0.299 e. The van der Waals surface area contributed by atoms with Gasteiger partial charge in [-0.05, 0) is 6.92 Å². The SMILES string of the molecule is C=C(C)CON1CCC(=O)CC1=O. The lowest BCUT2D eigenvalue weighted by Gasteiger charge is -2.24. The zero-order chi connectivity index (χ0) is 9.84. The molecule has 0 spiro atoms. The molecular formula is C9H13NO3. The Bertz CT molecular complexity index is 247. The zero-order valence-electron chi connectivity index (χ0n) is 7.71. The molecule has 0 aromatic rings. The molecule has 1 saturated heterocycles. The predicted octanol–water partition coefficient (Wildman–Crippen LogP) is 0.686. The second-order valence-electron chi connectivity index (χ2n) is 3.19. The predicted molar refractivity (Wildman–Crippen MR) is 46.7 cm³/mol. The van der Waals surface area contributed by atoms with Gasteiger partial charge in [0.05, 0.1) is 19.6 Å². The molecule has 0 unspecified atom stereocenters. The van der Waals surface area contributed by atoms with Crippen LogP contribution in [0.2, 0.25) is 0 Å². The second kappa shape index (κ2) is 4.18. The van der Waals surface area contributed by atoms with Crippen molar-refractivity contribution in [2.45, 2.75) is 19.8 Å². The van der Waals surface area contributed by atoms with Crippen molar-refractivity contribution in [3.63, 3.8) is 0 Å². The van der Waals surface area contributed by atoms with E-state index < -0.39 is 0 Å². The van der Waals surface area contributed by atoms with E-state index in [0.717, 1.165) is 5.57 Å². The highest BCUT2D eigenvalue weighted by Gasteiger charge is 2.24. The first-order valence-electron chi connectivity index (χ1n) is 4.19. The summed E-state index contributed by atoms with van der Waals surface area (Å²) in [6.07, 6.45) is 0.359. The number of nitrogens with zero attached hydrogens (tertiary/aromatic N) is 1. The molecule has 1 aliphatic rings. The summed E-state index contributed by atoms with van der Waals surface area (Å²) in [5.41, 5.74) is 0.852. The number of hydroxylamine groups is 2. The molecule has 1 amide bonds. The van der Waals surface area contributed by atoms with Gasteiger partial charge < -0.3 is 0 Å². The molecule has 1 rings (SSSR count). The highest BCUT2D eigenvalue weighted by atomic mass is 16.7. The van der Waals surface area contributed by atoms with Crippen molar-refractivity contribution in [3.8, 4) is 0 Å². The average molecular weight is 183 g/mol. The lowest BCUT2D eigenvalue weighted by atomic mass is 10.1. The van der Waals surface area contributed by atoms with Crippen LogP contribution in [-0.2, 0) is 14.4 Å². The number of hydrogen-bond donors (Lipinski definition) is 0. The lowest BCUT2D eigenvalue weighted by Crippen LogP contribution is -2.39. The van der Waals surface area contributed by atoms with Gasteiger partial charge in [0.2, 0.25) is 0 Å². The molecule has 1 fully saturated rings.